The van der Waals surface area contributed by atoms with Crippen LogP contribution in [-0.4, -0.2) is 45.0 Å². The Morgan fingerprint density at radius 2 is 1.88 bits per heavy atom. The van der Waals surface area contributed by atoms with Crippen molar-refractivity contribution in [3.05, 3.63) is 47.5 Å². The number of hydrogen-bond acceptors (Lipinski definition) is 5. The predicted octanol–water partition coefficient (Wildman–Crippen LogP) is 3.12. The van der Waals surface area contributed by atoms with Crippen LogP contribution in [0.25, 0.3) is 0 Å². The molecule has 2 fully saturated rings. The van der Waals surface area contributed by atoms with E-state index in [1.54, 1.807) is 0 Å². The van der Waals surface area contributed by atoms with Crippen LogP contribution in [0.1, 0.15) is 42.6 Å². The molecule has 2 aliphatic heterocycles. The number of nitrogens with zero attached hydrogens (tertiary/aromatic N) is 5. The summed E-state index contributed by atoms with van der Waals surface area (Å²) < 4.78 is 0. The molecule has 2 aromatic rings. The maximum absolute atomic E-state index is 4.73. The van der Waals surface area contributed by atoms with Crippen LogP contribution in [0, 0.1) is 13.8 Å². The first-order valence-corrected chi connectivity index (χ1v) is 9.36. The van der Waals surface area contributed by atoms with E-state index in [0.717, 1.165) is 43.4 Å². The molecule has 1 atom stereocenters. The third-order valence-electron chi connectivity index (χ3n) is 5.67. The second-order valence-corrected chi connectivity index (χ2v) is 7.61. The Balaban J connectivity index is 1.53. The molecule has 25 heavy (non-hydrogen) atoms. The average molecular weight is 337 g/mol. The van der Waals surface area contributed by atoms with E-state index in [1.165, 1.54) is 31.4 Å². The summed E-state index contributed by atoms with van der Waals surface area (Å²) in [7, 11) is 0. The quantitative estimate of drug-likeness (QED) is 0.861. The van der Waals surface area contributed by atoms with Gasteiger partial charge in [-0.2, -0.15) is 0 Å². The minimum Gasteiger partial charge on any atom is -0.339 e. The number of piperidine rings is 1. The van der Waals surface area contributed by atoms with Crippen LogP contribution in [0.5, 0.6) is 0 Å². The van der Waals surface area contributed by atoms with Crippen LogP contribution in [0.15, 0.2) is 30.6 Å². The zero-order valence-corrected chi connectivity index (χ0v) is 15.3. The van der Waals surface area contributed by atoms with Crippen LogP contribution in [0.2, 0.25) is 0 Å². The molecule has 0 aliphatic carbocycles. The zero-order valence-electron chi connectivity index (χ0n) is 15.3. The molecule has 2 aromatic heterocycles. The van der Waals surface area contributed by atoms with E-state index < -0.39 is 0 Å². The van der Waals surface area contributed by atoms with Crippen molar-refractivity contribution in [1.29, 1.82) is 0 Å². The van der Waals surface area contributed by atoms with E-state index in [2.05, 4.69) is 44.9 Å². The zero-order chi connectivity index (χ0) is 17.3. The summed E-state index contributed by atoms with van der Waals surface area (Å²) in [5, 5.41) is 0. The minimum atomic E-state index is 0.248. The summed E-state index contributed by atoms with van der Waals surface area (Å²) in [4.78, 5) is 18.9. The Labute approximate surface area is 150 Å². The maximum atomic E-state index is 4.73. The molecule has 2 saturated heterocycles. The van der Waals surface area contributed by atoms with Gasteiger partial charge in [-0.1, -0.05) is 12.5 Å². The topological polar surface area (TPSA) is 45.2 Å². The number of aromatic nitrogens is 3. The fourth-order valence-corrected chi connectivity index (χ4v) is 4.32. The third kappa shape index (κ3) is 3.38. The van der Waals surface area contributed by atoms with Gasteiger partial charge in [0, 0.05) is 43.3 Å². The van der Waals surface area contributed by atoms with Crippen LogP contribution in [0.4, 0.5) is 5.95 Å². The average Bonchev–Trinajstić information content (AvgIpc) is 3.03. The van der Waals surface area contributed by atoms with Crippen molar-refractivity contribution in [3.63, 3.8) is 0 Å². The van der Waals surface area contributed by atoms with Gasteiger partial charge in [-0.05, 0) is 57.4 Å². The summed E-state index contributed by atoms with van der Waals surface area (Å²) in [5.41, 5.74) is 3.65. The number of aryl methyl sites for hydroxylation is 2. The van der Waals surface area contributed by atoms with E-state index in [-0.39, 0.29) is 5.54 Å². The highest BCUT2D eigenvalue weighted by Crippen LogP contribution is 2.38. The number of hydrogen-bond donors (Lipinski definition) is 0. The van der Waals surface area contributed by atoms with Gasteiger partial charge in [0.25, 0.3) is 0 Å². The molecule has 1 unspecified atom stereocenters. The van der Waals surface area contributed by atoms with Gasteiger partial charge >= 0.3 is 0 Å². The molecule has 4 rings (SSSR count). The fourth-order valence-electron chi connectivity index (χ4n) is 4.32. The van der Waals surface area contributed by atoms with Gasteiger partial charge in [-0.3, -0.25) is 9.88 Å². The largest absolute Gasteiger partial charge is 0.339 e. The Bertz CT molecular complexity index is 729. The van der Waals surface area contributed by atoms with Crippen LogP contribution in [-0.2, 0) is 6.54 Å². The lowest BCUT2D eigenvalue weighted by Gasteiger charge is -2.44. The van der Waals surface area contributed by atoms with Gasteiger partial charge < -0.3 is 4.90 Å². The predicted molar refractivity (Wildman–Crippen MR) is 99.6 cm³/mol. The molecule has 0 saturated carbocycles. The number of pyridine rings is 1. The molecule has 4 heterocycles. The van der Waals surface area contributed by atoms with Crippen molar-refractivity contribution >= 4 is 5.95 Å². The summed E-state index contributed by atoms with van der Waals surface area (Å²) in [6, 6.07) is 6.35. The van der Waals surface area contributed by atoms with E-state index in [9.17, 15) is 0 Å². The molecule has 0 N–H and O–H groups in total. The molecule has 2 aliphatic rings. The lowest BCUT2D eigenvalue weighted by molar-refractivity contribution is 0.0548. The van der Waals surface area contributed by atoms with Gasteiger partial charge in [0.2, 0.25) is 5.95 Å². The molecule has 0 amide bonds. The second kappa shape index (κ2) is 6.71. The van der Waals surface area contributed by atoms with E-state index in [4.69, 9.17) is 4.98 Å². The van der Waals surface area contributed by atoms with E-state index in [0.29, 0.717) is 0 Å². The molecule has 5 heteroatoms. The van der Waals surface area contributed by atoms with Crippen molar-refractivity contribution in [2.45, 2.75) is 51.6 Å². The van der Waals surface area contributed by atoms with Crippen LogP contribution < -0.4 is 4.90 Å². The first kappa shape index (κ1) is 16.5. The van der Waals surface area contributed by atoms with Crippen molar-refractivity contribution in [3.8, 4) is 0 Å². The summed E-state index contributed by atoms with van der Waals surface area (Å²) in [6.07, 6.45) is 8.90. The smallest absolute Gasteiger partial charge is 0.225 e. The van der Waals surface area contributed by atoms with Crippen molar-refractivity contribution in [2.24, 2.45) is 0 Å². The second-order valence-electron chi connectivity index (χ2n) is 7.61. The summed E-state index contributed by atoms with van der Waals surface area (Å²) in [6.45, 7) is 8.29. The van der Waals surface area contributed by atoms with Gasteiger partial charge in [-0.25, -0.2) is 9.97 Å². The van der Waals surface area contributed by atoms with Gasteiger partial charge in [0.1, 0.15) is 0 Å². The molecule has 5 nitrogen and oxygen atoms in total. The van der Waals surface area contributed by atoms with Crippen molar-refractivity contribution < 1.29 is 0 Å². The molecular weight excluding hydrogens is 310 g/mol. The standard InChI is InChI=1S/C20H27N5/c1-16-12-21-19(22-13-16)24-11-9-20(15-24)8-3-4-10-25(20)14-18-7-5-6-17(2)23-18/h5-7,12-13H,3-4,8-11,14-15H2,1-2H3. The summed E-state index contributed by atoms with van der Waals surface area (Å²) in [5.74, 6) is 0.877. The lowest BCUT2D eigenvalue weighted by atomic mass is 9.85. The fraction of sp³-hybridized carbons (Fsp3) is 0.550. The number of rotatable bonds is 3. The number of likely N-dealkylation sites (tertiary alicyclic amines) is 1. The van der Waals surface area contributed by atoms with Crippen molar-refractivity contribution in [1.82, 2.24) is 19.9 Å². The Morgan fingerprint density at radius 3 is 2.68 bits per heavy atom. The molecule has 0 aromatic carbocycles. The van der Waals surface area contributed by atoms with Crippen molar-refractivity contribution in [2.75, 3.05) is 24.5 Å². The molecular formula is C20H27N5. The highest BCUT2D eigenvalue weighted by molar-refractivity contribution is 5.34. The van der Waals surface area contributed by atoms with Gasteiger partial charge in [0.15, 0.2) is 0 Å². The maximum Gasteiger partial charge on any atom is 0.225 e. The first-order chi connectivity index (χ1) is 12.1. The Kier molecular flexibility index (Phi) is 4.42. The Morgan fingerprint density at radius 1 is 1.04 bits per heavy atom. The molecule has 0 bridgehead atoms. The van der Waals surface area contributed by atoms with Crippen LogP contribution >= 0.6 is 0 Å². The Hall–Kier alpha value is -2.01. The monoisotopic (exact) mass is 337 g/mol. The lowest BCUT2D eigenvalue weighted by Crippen LogP contribution is -2.53. The SMILES string of the molecule is Cc1cnc(N2CCC3(CCCCN3Cc3cccc(C)n3)C2)nc1. The van der Waals surface area contributed by atoms with E-state index >= 15 is 0 Å². The molecule has 0 radical (unpaired) electrons. The van der Waals surface area contributed by atoms with Gasteiger partial charge in [0.05, 0.1) is 5.69 Å². The molecule has 1 spiro atoms. The van der Waals surface area contributed by atoms with Gasteiger partial charge in [-0.15, -0.1) is 0 Å². The molecule has 132 valence electrons. The van der Waals surface area contributed by atoms with Crippen LogP contribution in [0.3, 0.4) is 0 Å². The normalized spacial score (nSPS) is 24.2. The highest BCUT2D eigenvalue weighted by Gasteiger charge is 2.44. The first-order valence-electron chi connectivity index (χ1n) is 9.36. The summed E-state index contributed by atoms with van der Waals surface area (Å²) >= 11 is 0. The van der Waals surface area contributed by atoms with E-state index in [1.807, 2.05) is 19.3 Å². The third-order valence-corrected chi connectivity index (χ3v) is 5.67. The minimum absolute atomic E-state index is 0.248. The highest BCUT2D eigenvalue weighted by atomic mass is 15.3. The number of anilines is 1.